The Hall–Kier alpha value is -3.32. The van der Waals surface area contributed by atoms with E-state index in [1.54, 1.807) is 30.7 Å². The van der Waals surface area contributed by atoms with E-state index >= 15 is 0 Å². The second-order valence-corrected chi connectivity index (χ2v) is 10.5. The molecule has 1 heterocycles. The lowest BCUT2D eigenvalue weighted by atomic mass is 10.00. The van der Waals surface area contributed by atoms with Gasteiger partial charge in [0, 0.05) is 13.6 Å². The van der Waals surface area contributed by atoms with Crippen molar-refractivity contribution in [2.45, 2.75) is 66.0 Å². The van der Waals surface area contributed by atoms with Gasteiger partial charge >= 0.3 is 5.97 Å². The largest absolute Gasteiger partial charge is 0.478 e. The van der Waals surface area contributed by atoms with Gasteiger partial charge < -0.3 is 15.2 Å². The third kappa shape index (κ3) is 6.92. The zero-order valence-corrected chi connectivity index (χ0v) is 23.1. The Morgan fingerprint density at radius 3 is 2.41 bits per heavy atom. The molecule has 0 aliphatic heterocycles. The Labute approximate surface area is 223 Å². The van der Waals surface area contributed by atoms with E-state index in [1.807, 2.05) is 20.0 Å². The van der Waals surface area contributed by atoms with Crippen LogP contribution in [0.15, 0.2) is 42.5 Å². The number of carboxylic acids is 1. The number of ether oxygens (including phenoxy) is 1. The molecular weight excluding hydrogens is 490 g/mol. The van der Waals surface area contributed by atoms with Gasteiger partial charge in [0.2, 0.25) is 5.60 Å². The van der Waals surface area contributed by atoms with Crippen molar-refractivity contribution < 1.29 is 19.4 Å². The number of hydrogen-bond acceptors (Lipinski definition) is 4. The molecule has 0 aliphatic rings. The summed E-state index contributed by atoms with van der Waals surface area (Å²) in [5.74, 6) is -0.411. The molecule has 2 N–H and O–H groups in total. The molecule has 0 bridgehead atoms. The molecular formula is C29H36ClN3O4. The second kappa shape index (κ2) is 11.8. The third-order valence-corrected chi connectivity index (χ3v) is 6.54. The molecule has 0 fully saturated rings. The quantitative estimate of drug-likeness (QED) is 0.311. The molecule has 0 radical (unpaired) electrons. The fourth-order valence-corrected chi connectivity index (χ4v) is 4.67. The Morgan fingerprint density at radius 1 is 1.16 bits per heavy atom. The molecule has 3 rings (SSSR count). The van der Waals surface area contributed by atoms with Crippen LogP contribution in [0, 0.1) is 12.8 Å². The summed E-state index contributed by atoms with van der Waals surface area (Å²) in [6.07, 6.45) is 2.03. The number of amides is 1. The maximum Gasteiger partial charge on any atom is 0.347 e. The highest BCUT2D eigenvalue weighted by Crippen LogP contribution is 2.34. The first-order valence-electron chi connectivity index (χ1n) is 12.6. The van der Waals surface area contributed by atoms with Crippen LogP contribution in [-0.4, -0.2) is 32.4 Å². The number of aryl methyl sites for hydroxylation is 2. The van der Waals surface area contributed by atoms with Gasteiger partial charge in [-0.25, -0.2) is 4.79 Å². The maximum atomic E-state index is 12.9. The van der Waals surface area contributed by atoms with Crippen molar-refractivity contribution in [2.75, 3.05) is 0 Å². The van der Waals surface area contributed by atoms with Crippen LogP contribution in [0.3, 0.4) is 0 Å². The minimum Gasteiger partial charge on any atom is -0.478 e. The van der Waals surface area contributed by atoms with Gasteiger partial charge in [0.25, 0.3) is 5.91 Å². The van der Waals surface area contributed by atoms with Crippen LogP contribution in [0.5, 0.6) is 5.75 Å². The van der Waals surface area contributed by atoms with E-state index in [2.05, 4.69) is 48.5 Å². The fraction of sp³-hybridized carbons (Fsp3) is 0.414. The monoisotopic (exact) mass is 525 g/mol. The van der Waals surface area contributed by atoms with E-state index in [1.165, 1.54) is 5.56 Å². The molecule has 7 nitrogen and oxygen atoms in total. The van der Waals surface area contributed by atoms with Crippen molar-refractivity contribution in [3.8, 4) is 17.0 Å². The number of benzene rings is 2. The van der Waals surface area contributed by atoms with E-state index in [4.69, 9.17) is 16.3 Å². The minimum atomic E-state index is -1.37. The summed E-state index contributed by atoms with van der Waals surface area (Å²) in [7, 11) is 1.82. The summed E-state index contributed by atoms with van der Waals surface area (Å²) >= 11 is 6.46. The van der Waals surface area contributed by atoms with Crippen molar-refractivity contribution in [3.05, 3.63) is 69.9 Å². The number of carbonyl (C=O) groups is 2. The molecule has 0 spiro atoms. The smallest absolute Gasteiger partial charge is 0.347 e. The first-order valence-corrected chi connectivity index (χ1v) is 12.9. The number of aliphatic carboxylic acids is 1. The summed E-state index contributed by atoms with van der Waals surface area (Å²) in [6, 6.07) is 13.6. The molecule has 1 amide bonds. The molecule has 0 saturated heterocycles. The summed E-state index contributed by atoms with van der Waals surface area (Å²) in [6.45, 7) is 9.88. The van der Waals surface area contributed by atoms with Crippen LogP contribution in [0.4, 0.5) is 0 Å². The van der Waals surface area contributed by atoms with Crippen LogP contribution in [0.25, 0.3) is 11.3 Å². The van der Waals surface area contributed by atoms with Gasteiger partial charge in [-0.1, -0.05) is 69.1 Å². The van der Waals surface area contributed by atoms with E-state index in [9.17, 15) is 14.7 Å². The fourth-order valence-electron chi connectivity index (χ4n) is 4.34. The lowest BCUT2D eigenvalue weighted by Gasteiger charge is -2.27. The molecule has 1 atom stereocenters. The van der Waals surface area contributed by atoms with Crippen molar-refractivity contribution in [1.82, 2.24) is 15.1 Å². The van der Waals surface area contributed by atoms with Gasteiger partial charge in [0.1, 0.15) is 5.75 Å². The van der Waals surface area contributed by atoms with Gasteiger partial charge in [0.15, 0.2) is 5.69 Å². The number of rotatable bonds is 11. The average Bonchev–Trinajstić information content (AvgIpc) is 3.21. The first-order chi connectivity index (χ1) is 17.4. The SMILES string of the molecule is CCCC(C)(Oc1c(C)cc(CNC(=O)c2cc(-c3ccc(CC(C)C)cc3)n(C)n2)cc1Cl)C(=O)O. The summed E-state index contributed by atoms with van der Waals surface area (Å²) in [4.78, 5) is 24.6. The third-order valence-electron chi connectivity index (χ3n) is 6.26. The van der Waals surface area contributed by atoms with Crippen molar-refractivity contribution in [1.29, 1.82) is 0 Å². The van der Waals surface area contributed by atoms with Gasteiger partial charge in [-0.2, -0.15) is 5.10 Å². The molecule has 198 valence electrons. The number of aromatic nitrogens is 2. The van der Waals surface area contributed by atoms with Crippen molar-refractivity contribution in [2.24, 2.45) is 13.0 Å². The number of carboxylic acid groups (broad SMARTS) is 1. The number of nitrogens with one attached hydrogen (secondary N) is 1. The predicted octanol–water partition coefficient (Wildman–Crippen LogP) is 6.20. The number of halogens is 1. The second-order valence-electron chi connectivity index (χ2n) is 10.1. The molecule has 2 aromatic carbocycles. The van der Waals surface area contributed by atoms with Gasteiger partial charge in [-0.05, 0) is 67.0 Å². The van der Waals surface area contributed by atoms with Crippen LogP contribution in [0.2, 0.25) is 5.02 Å². The summed E-state index contributed by atoms with van der Waals surface area (Å²) < 4.78 is 7.57. The minimum absolute atomic E-state index is 0.237. The standard InChI is InChI=1S/C29H36ClN3O4/c1-7-12-29(5,28(35)36)37-26-19(4)14-21(15-23(26)30)17-31-27(34)24-16-25(33(6)32-24)22-10-8-20(9-11-22)13-18(2)3/h8-11,14-16,18H,7,12-13,17H2,1-6H3,(H,31,34)(H,35,36). The lowest BCUT2D eigenvalue weighted by Crippen LogP contribution is -2.41. The molecule has 1 aromatic heterocycles. The summed E-state index contributed by atoms with van der Waals surface area (Å²) in [5, 5.41) is 17.2. The highest BCUT2D eigenvalue weighted by atomic mass is 35.5. The van der Waals surface area contributed by atoms with E-state index in [-0.39, 0.29) is 12.5 Å². The highest BCUT2D eigenvalue weighted by Gasteiger charge is 2.35. The molecule has 0 aliphatic carbocycles. The Kier molecular flexibility index (Phi) is 9.02. The van der Waals surface area contributed by atoms with Gasteiger partial charge in [-0.15, -0.1) is 0 Å². The molecule has 0 saturated carbocycles. The number of carbonyl (C=O) groups excluding carboxylic acids is 1. The van der Waals surface area contributed by atoms with Crippen molar-refractivity contribution in [3.63, 3.8) is 0 Å². The van der Waals surface area contributed by atoms with Crippen LogP contribution in [-0.2, 0) is 24.8 Å². The average molecular weight is 526 g/mol. The van der Waals surface area contributed by atoms with Crippen LogP contribution in [0.1, 0.15) is 67.7 Å². The topological polar surface area (TPSA) is 93.5 Å². The predicted molar refractivity (Wildman–Crippen MR) is 146 cm³/mol. The summed E-state index contributed by atoms with van der Waals surface area (Å²) in [5.41, 5.74) is 3.55. The number of nitrogens with zero attached hydrogens (tertiary/aromatic N) is 2. The highest BCUT2D eigenvalue weighted by molar-refractivity contribution is 6.32. The molecule has 8 heteroatoms. The van der Waals surface area contributed by atoms with Crippen molar-refractivity contribution >= 4 is 23.5 Å². The zero-order chi connectivity index (χ0) is 27.3. The van der Waals surface area contributed by atoms with Crippen LogP contribution >= 0.6 is 11.6 Å². The molecule has 1 unspecified atom stereocenters. The molecule has 37 heavy (non-hydrogen) atoms. The Balaban J connectivity index is 1.70. The first kappa shape index (κ1) is 28.3. The van der Waals surface area contributed by atoms with E-state index in [0.717, 1.165) is 23.2 Å². The van der Waals surface area contributed by atoms with Gasteiger partial charge in [0.05, 0.1) is 10.7 Å². The maximum absolute atomic E-state index is 12.9. The van der Waals surface area contributed by atoms with E-state index < -0.39 is 11.6 Å². The number of hydrogen-bond donors (Lipinski definition) is 2. The zero-order valence-electron chi connectivity index (χ0n) is 22.4. The Morgan fingerprint density at radius 2 is 1.84 bits per heavy atom. The van der Waals surface area contributed by atoms with Gasteiger partial charge in [-0.3, -0.25) is 9.48 Å². The molecule has 3 aromatic rings. The lowest BCUT2D eigenvalue weighted by molar-refractivity contribution is -0.154. The van der Waals surface area contributed by atoms with Crippen LogP contribution < -0.4 is 10.1 Å². The van der Waals surface area contributed by atoms with E-state index in [0.29, 0.717) is 40.8 Å². The normalized spacial score (nSPS) is 12.9. The Bertz CT molecular complexity index is 1240.